The molecule has 0 fully saturated rings. The van der Waals surface area contributed by atoms with Crippen LogP contribution in [0.4, 0.5) is 22.0 Å². The highest BCUT2D eigenvalue weighted by molar-refractivity contribution is 5.83. The van der Waals surface area contributed by atoms with Gasteiger partial charge in [0.25, 0.3) is 0 Å². The first-order chi connectivity index (χ1) is 12.8. The van der Waals surface area contributed by atoms with E-state index in [9.17, 15) is 22.0 Å². The number of aryl methyl sites for hydroxylation is 1. The highest BCUT2D eigenvalue weighted by Crippen LogP contribution is 2.33. The molecule has 0 nitrogen and oxygen atoms in total. The Bertz CT molecular complexity index is 948. The molecule has 0 spiro atoms. The van der Waals surface area contributed by atoms with Crippen LogP contribution < -0.4 is 0 Å². The van der Waals surface area contributed by atoms with Crippen LogP contribution in [0.3, 0.4) is 0 Å². The Morgan fingerprint density at radius 2 is 0.963 bits per heavy atom. The second-order valence-corrected chi connectivity index (χ2v) is 6.15. The van der Waals surface area contributed by atoms with E-state index in [2.05, 4.69) is 0 Å². The summed E-state index contributed by atoms with van der Waals surface area (Å²) in [6.45, 7) is 1.97. The van der Waals surface area contributed by atoms with Crippen LogP contribution in [0.25, 0.3) is 22.8 Å². The van der Waals surface area contributed by atoms with Crippen molar-refractivity contribution < 1.29 is 22.0 Å². The largest absolute Gasteiger partial charge is 0.416 e. The molecule has 0 heterocycles. The van der Waals surface area contributed by atoms with Crippen LogP contribution in [0.5, 0.6) is 0 Å². The molecular weight excluding hydrogens is 359 g/mol. The third-order valence-corrected chi connectivity index (χ3v) is 4.18. The Morgan fingerprint density at radius 1 is 0.593 bits per heavy atom. The fourth-order valence-electron chi connectivity index (χ4n) is 2.61. The molecule has 0 aliphatic heterocycles. The molecule has 3 rings (SSSR count). The molecule has 0 aliphatic rings. The van der Waals surface area contributed by atoms with Gasteiger partial charge < -0.3 is 0 Å². The van der Waals surface area contributed by atoms with Crippen molar-refractivity contribution in [1.29, 1.82) is 0 Å². The van der Waals surface area contributed by atoms with E-state index < -0.39 is 23.4 Å². The summed E-state index contributed by atoms with van der Waals surface area (Å²) in [5.74, 6) is -2.32. The second kappa shape index (κ2) is 7.35. The molecule has 3 aromatic carbocycles. The summed E-state index contributed by atoms with van der Waals surface area (Å²) in [5.41, 5.74) is 1.76. The summed E-state index contributed by atoms with van der Waals surface area (Å²) in [6, 6.07) is 17.3. The van der Waals surface area contributed by atoms with Crippen molar-refractivity contribution in [3.63, 3.8) is 0 Å². The summed E-state index contributed by atoms with van der Waals surface area (Å²) in [4.78, 5) is 0. The molecule has 3 aromatic rings. The average Bonchev–Trinajstić information content (AvgIpc) is 2.67. The Morgan fingerprint density at radius 3 is 1.37 bits per heavy atom. The van der Waals surface area contributed by atoms with Gasteiger partial charge in [0.1, 0.15) is 0 Å². The molecule has 0 atom stereocenters. The minimum absolute atomic E-state index is 0.0169. The first-order valence-corrected chi connectivity index (χ1v) is 8.16. The van der Waals surface area contributed by atoms with E-state index in [1.807, 2.05) is 31.2 Å². The molecular formula is C22H15F5. The summed E-state index contributed by atoms with van der Waals surface area (Å²) in [5, 5.41) is 0. The SMILES string of the molecule is Cc1ccc(-c2ccc(C(F)=C(F)c3ccc(C(F)(F)F)cc3)cc2)cc1. The van der Waals surface area contributed by atoms with Crippen LogP contribution in [0.15, 0.2) is 72.8 Å². The van der Waals surface area contributed by atoms with Crippen molar-refractivity contribution in [2.45, 2.75) is 13.1 Å². The van der Waals surface area contributed by atoms with Crippen LogP contribution in [0, 0.1) is 6.92 Å². The van der Waals surface area contributed by atoms with Gasteiger partial charge in [0, 0.05) is 11.1 Å². The molecule has 0 amide bonds. The number of halogens is 5. The number of rotatable bonds is 3. The van der Waals surface area contributed by atoms with Gasteiger partial charge in [0.2, 0.25) is 0 Å². The zero-order valence-electron chi connectivity index (χ0n) is 14.3. The lowest BCUT2D eigenvalue weighted by atomic mass is 10.0. The minimum Gasteiger partial charge on any atom is -0.203 e. The van der Waals surface area contributed by atoms with Gasteiger partial charge in [0.05, 0.1) is 5.56 Å². The quantitative estimate of drug-likeness (QED) is 0.330. The maximum absolute atomic E-state index is 14.4. The molecule has 0 aromatic heterocycles. The molecule has 0 radical (unpaired) electrons. The van der Waals surface area contributed by atoms with Crippen LogP contribution in [0.2, 0.25) is 0 Å². The van der Waals surface area contributed by atoms with E-state index in [0.29, 0.717) is 0 Å². The number of benzene rings is 3. The predicted octanol–water partition coefficient (Wildman–Crippen LogP) is 7.45. The van der Waals surface area contributed by atoms with Crippen molar-refractivity contribution in [3.8, 4) is 11.1 Å². The third kappa shape index (κ3) is 4.25. The van der Waals surface area contributed by atoms with Gasteiger partial charge in [-0.3, -0.25) is 0 Å². The maximum Gasteiger partial charge on any atom is 0.416 e. The molecule has 0 saturated carbocycles. The molecule has 5 heteroatoms. The number of hydrogen-bond donors (Lipinski definition) is 0. The lowest BCUT2D eigenvalue weighted by Gasteiger charge is -2.08. The van der Waals surface area contributed by atoms with E-state index in [0.717, 1.165) is 41.0 Å². The van der Waals surface area contributed by atoms with E-state index >= 15 is 0 Å². The highest BCUT2D eigenvalue weighted by Gasteiger charge is 2.30. The highest BCUT2D eigenvalue weighted by atomic mass is 19.4. The van der Waals surface area contributed by atoms with Gasteiger partial charge in [-0.05, 0) is 30.2 Å². The van der Waals surface area contributed by atoms with Crippen molar-refractivity contribution in [3.05, 3.63) is 95.1 Å². The Labute approximate surface area is 153 Å². The maximum atomic E-state index is 14.4. The van der Waals surface area contributed by atoms with Crippen LogP contribution >= 0.6 is 0 Å². The van der Waals surface area contributed by atoms with Gasteiger partial charge in [-0.15, -0.1) is 0 Å². The molecule has 0 aliphatic carbocycles. The van der Waals surface area contributed by atoms with Crippen molar-refractivity contribution in [1.82, 2.24) is 0 Å². The summed E-state index contributed by atoms with van der Waals surface area (Å²) >= 11 is 0. The molecule has 138 valence electrons. The number of hydrogen-bond acceptors (Lipinski definition) is 0. The lowest BCUT2D eigenvalue weighted by Crippen LogP contribution is -2.04. The van der Waals surface area contributed by atoms with E-state index in [1.54, 1.807) is 12.1 Å². The van der Waals surface area contributed by atoms with Gasteiger partial charge in [-0.2, -0.15) is 13.2 Å². The lowest BCUT2D eigenvalue weighted by molar-refractivity contribution is -0.137. The zero-order valence-corrected chi connectivity index (χ0v) is 14.3. The van der Waals surface area contributed by atoms with Crippen LogP contribution in [-0.2, 0) is 6.18 Å². The van der Waals surface area contributed by atoms with E-state index in [4.69, 9.17) is 0 Å². The average molecular weight is 374 g/mol. The van der Waals surface area contributed by atoms with Gasteiger partial charge in [-0.1, -0.05) is 66.2 Å². The summed E-state index contributed by atoms with van der Waals surface area (Å²) < 4.78 is 66.4. The smallest absolute Gasteiger partial charge is 0.203 e. The molecule has 0 unspecified atom stereocenters. The van der Waals surface area contributed by atoms with Gasteiger partial charge in [0.15, 0.2) is 11.7 Å². The fourth-order valence-corrected chi connectivity index (χ4v) is 2.61. The van der Waals surface area contributed by atoms with Crippen LogP contribution in [0.1, 0.15) is 22.3 Å². The fraction of sp³-hybridized carbons (Fsp3) is 0.0909. The molecule has 0 saturated heterocycles. The van der Waals surface area contributed by atoms with Gasteiger partial charge >= 0.3 is 6.18 Å². The first kappa shape index (κ1) is 18.8. The topological polar surface area (TPSA) is 0 Å². The summed E-state index contributed by atoms with van der Waals surface area (Å²) in [6.07, 6.45) is -4.52. The van der Waals surface area contributed by atoms with Gasteiger partial charge in [-0.25, -0.2) is 8.78 Å². The van der Waals surface area contributed by atoms with Crippen molar-refractivity contribution in [2.75, 3.05) is 0 Å². The van der Waals surface area contributed by atoms with E-state index in [-0.39, 0.29) is 11.1 Å². The monoisotopic (exact) mass is 374 g/mol. The molecule has 0 bridgehead atoms. The Hall–Kier alpha value is -2.95. The van der Waals surface area contributed by atoms with Crippen molar-refractivity contribution in [2.24, 2.45) is 0 Å². The molecule has 27 heavy (non-hydrogen) atoms. The van der Waals surface area contributed by atoms with E-state index in [1.165, 1.54) is 12.1 Å². The zero-order chi connectivity index (χ0) is 19.6. The normalized spacial score (nSPS) is 12.7. The standard InChI is InChI=1S/C22H15F5/c1-14-2-4-15(5-3-14)16-6-8-17(9-7-16)20(23)21(24)18-10-12-19(13-11-18)22(25,26)27/h2-13H,1H3. The Kier molecular flexibility index (Phi) is 5.13. The van der Waals surface area contributed by atoms with Crippen molar-refractivity contribution >= 4 is 11.7 Å². The molecule has 0 N–H and O–H groups in total. The predicted molar refractivity (Wildman–Crippen MR) is 97.1 cm³/mol. The third-order valence-electron chi connectivity index (χ3n) is 4.18. The Balaban J connectivity index is 1.87. The van der Waals surface area contributed by atoms with Crippen LogP contribution in [-0.4, -0.2) is 0 Å². The summed E-state index contributed by atoms with van der Waals surface area (Å²) in [7, 11) is 0. The second-order valence-electron chi connectivity index (χ2n) is 6.15. The number of alkyl halides is 3. The minimum atomic E-state index is -4.52. The first-order valence-electron chi connectivity index (χ1n) is 8.16.